The third-order valence-electron chi connectivity index (χ3n) is 5.66. The fourth-order valence-electron chi connectivity index (χ4n) is 4.14. The Bertz CT molecular complexity index is 1160. The third kappa shape index (κ3) is 3.29. The highest BCUT2D eigenvalue weighted by molar-refractivity contribution is 6.31. The average molecular weight is 426 g/mol. The molecule has 154 valence electrons. The molecule has 1 unspecified atom stereocenters. The molecule has 2 aromatic heterocycles. The number of hydrogen-bond donors (Lipinski definition) is 0. The van der Waals surface area contributed by atoms with Crippen LogP contribution >= 0.6 is 11.6 Å². The molecular formula is C22H20ClN3O4. The number of carbonyl (C=O) groups is 1. The van der Waals surface area contributed by atoms with Crippen molar-refractivity contribution in [2.24, 2.45) is 0 Å². The Balaban J connectivity index is 1.60. The smallest absolute Gasteiger partial charge is 0.291 e. The highest BCUT2D eigenvalue weighted by atomic mass is 35.5. The molecule has 0 aliphatic carbocycles. The van der Waals surface area contributed by atoms with Gasteiger partial charge in [-0.2, -0.15) is 0 Å². The lowest BCUT2D eigenvalue weighted by Gasteiger charge is -2.30. The van der Waals surface area contributed by atoms with Crippen LogP contribution in [0, 0.1) is 0 Å². The number of rotatable bonds is 4. The Kier molecular flexibility index (Phi) is 5.02. The van der Waals surface area contributed by atoms with Crippen molar-refractivity contribution in [3.8, 4) is 0 Å². The van der Waals surface area contributed by atoms with E-state index in [2.05, 4.69) is 9.88 Å². The van der Waals surface area contributed by atoms with Crippen molar-refractivity contribution in [3.05, 3.63) is 74.9 Å². The number of carbonyl (C=O) groups excluding carboxylic acids is 1. The molecule has 7 nitrogen and oxygen atoms in total. The maximum Gasteiger partial charge on any atom is 0.291 e. The zero-order valence-corrected chi connectivity index (χ0v) is 17.0. The molecule has 0 N–H and O–H groups in total. The van der Waals surface area contributed by atoms with Crippen LogP contribution in [-0.2, 0) is 4.74 Å². The molecule has 0 spiro atoms. The first-order valence-electron chi connectivity index (χ1n) is 9.92. The Morgan fingerprint density at radius 2 is 1.93 bits per heavy atom. The lowest BCUT2D eigenvalue weighted by Crippen LogP contribution is -2.42. The molecule has 30 heavy (non-hydrogen) atoms. The number of nitrogens with zero attached hydrogens (tertiary/aromatic N) is 3. The summed E-state index contributed by atoms with van der Waals surface area (Å²) in [5.41, 5.74) is 1.08. The minimum absolute atomic E-state index is 0.0902. The van der Waals surface area contributed by atoms with Gasteiger partial charge in [-0.25, -0.2) is 0 Å². The van der Waals surface area contributed by atoms with E-state index in [4.69, 9.17) is 20.8 Å². The first-order valence-corrected chi connectivity index (χ1v) is 10.3. The molecule has 3 aromatic rings. The summed E-state index contributed by atoms with van der Waals surface area (Å²) in [6.07, 6.45) is 1.66. The lowest BCUT2D eigenvalue weighted by atomic mass is 10.0. The molecule has 1 saturated heterocycles. The van der Waals surface area contributed by atoms with Gasteiger partial charge < -0.3 is 14.1 Å². The molecule has 1 amide bonds. The third-order valence-corrected chi connectivity index (χ3v) is 5.89. The van der Waals surface area contributed by atoms with Gasteiger partial charge in [-0.1, -0.05) is 17.7 Å². The highest BCUT2D eigenvalue weighted by Gasteiger charge is 2.43. The van der Waals surface area contributed by atoms with Gasteiger partial charge in [0.25, 0.3) is 5.91 Å². The first kappa shape index (κ1) is 19.2. The Hall–Kier alpha value is -2.74. The van der Waals surface area contributed by atoms with Gasteiger partial charge in [-0.15, -0.1) is 0 Å². The molecule has 5 rings (SSSR count). The molecule has 2 aliphatic heterocycles. The predicted octanol–water partition coefficient (Wildman–Crippen LogP) is 2.72. The van der Waals surface area contributed by atoms with E-state index < -0.39 is 6.04 Å². The predicted molar refractivity (Wildman–Crippen MR) is 112 cm³/mol. The number of ether oxygens (including phenoxy) is 1. The van der Waals surface area contributed by atoms with Gasteiger partial charge in [-0.3, -0.25) is 19.5 Å². The lowest BCUT2D eigenvalue weighted by molar-refractivity contribution is 0.0314. The van der Waals surface area contributed by atoms with Crippen molar-refractivity contribution in [2.45, 2.75) is 6.04 Å². The summed E-state index contributed by atoms with van der Waals surface area (Å²) in [7, 11) is 0. The normalized spacial score (nSPS) is 19.4. The van der Waals surface area contributed by atoms with E-state index >= 15 is 0 Å². The number of aromatic nitrogens is 1. The number of hydrogen-bond acceptors (Lipinski definition) is 6. The van der Waals surface area contributed by atoms with Crippen molar-refractivity contribution in [1.29, 1.82) is 0 Å². The molecular weight excluding hydrogens is 406 g/mol. The van der Waals surface area contributed by atoms with Crippen LogP contribution in [0.1, 0.15) is 27.9 Å². The molecule has 8 heteroatoms. The van der Waals surface area contributed by atoms with Crippen LogP contribution in [0.4, 0.5) is 0 Å². The second-order valence-electron chi connectivity index (χ2n) is 7.42. The summed E-state index contributed by atoms with van der Waals surface area (Å²) < 4.78 is 11.3. The molecule has 0 bridgehead atoms. The molecule has 1 atom stereocenters. The second-order valence-corrected chi connectivity index (χ2v) is 7.86. The molecule has 0 saturated carbocycles. The van der Waals surface area contributed by atoms with E-state index in [1.165, 1.54) is 0 Å². The fourth-order valence-corrected chi connectivity index (χ4v) is 4.31. The standard InChI is InChI=1S/C22H20ClN3O4/c23-14-4-5-17-15(13-14)20(27)18-19(16-3-1-2-6-24-16)26(22(28)21(18)30-17)8-7-25-9-11-29-12-10-25/h1-6,13,19H,7-12H2. The minimum atomic E-state index is -0.589. The number of morpholine rings is 1. The summed E-state index contributed by atoms with van der Waals surface area (Å²) in [6.45, 7) is 4.16. The van der Waals surface area contributed by atoms with Gasteiger partial charge in [0.2, 0.25) is 5.76 Å². The molecule has 1 fully saturated rings. The van der Waals surface area contributed by atoms with Crippen molar-refractivity contribution in [3.63, 3.8) is 0 Å². The molecule has 4 heterocycles. The summed E-state index contributed by atoms with van der Waals surface area (Å²) >= 11 is 6.10. The van der Waals surface area contributed by atoms with Crippen LogP contribution < -0.4 is 5.43 Å². The van der Waals surface area contributed by atoms with Gasteiger partial charge in [0.15, 0.2) is 5.43 Å². The SMILES string of the molecule is O=C1c2oc3ccc(Cl)cc3c(=O)c2C(c2ccccn2)N1CCN1CCOCC1. The zero-order valence-electron chi connectivity index (χ0n) is 16.2. The second kappa shape index (κ2) is 7.83. The summed E-state index contributed by atoms with van der Waals surface area (Å²) in [5, 5.41) is 0.808. The molecule has 2 aliphatic rings. The highest BCUT2D eigenvalue weighted by Crippen LogP contribution is 2.37. The van der Waals surface area contributed by atoms with E-state index in [1.807, 2.05) is 18.2 Å². The van der Waals surface area contributed by atoms with E-state index in [0.717, 1.165) is 13.1 Å². The van der Waals surface area contributed by atoms with E-state index in [1.54, 1.807) is 29.3 Å². The Morgan fingerprint density at radius 3 is 2.70 bits per heavy atom. The topological polar surface area (TPSA) is 75.9 Å². The number of fused-ring (bicyclic) bond motifs is 2. The van der Waals surface area contributed by atoms with Crippen LogP contribution in [0.2, 0.25) is 5.02 Å². The number of halogens is 1. The van der Waals surface area contributed by atoms with Crippen LogP contribution in [0.5, 0.6) is 0 Å². The van der Waals surface area contributed by atoms with Crippen molar-refractivity contribution < 1.29 is 13.9 Å². The average Bonchev–Trinajstić information content (AvgIpc) is 3.06. The molecule has 0 radical (unpaired) electrons. The number of amides is 1. The van der Waals surface area contributed by atoms with Crippen molar-refractivity contribution in [2.75, 3.05) is 39.4 Å². The zero-order chi connectivity index (χ0) is 20.7. The van der Waals surface area contributed by atoms with E-state index in [-0.39, 0.29) is 17.1 Å². The van der Waals surface area contributed by atoms with Crippen LogP contribution in [-0.4, -0.2) is 60.1 Å². The van der Waals surface area contributed by atoms with Crippen LogP contribution in [0.15, 0.2) is 51.8 Å². The van der Waals surface area contributed by atoms with Gasteiger partial charge in [0.05, 0.1) is 29.9 Å². The van der Waals surface area contributed by atoms with Crippen LogP contribution in [0.25, 0.3) is 11.0 Å². The number of benzene rings is 1. The maximum absolute atomic E-state index is 13.4. The van der Waals surface area contributed by atoms with E-state index in [9.17, 15) is 9.59 Å². The summed E-state index contributed by atoms with van der Waals surface area (Å²) in [5.74, 6) is -0.199. The largest absolute Gasteiger partial charge is 0.450 e. The fraction of sp³-hybridized carbons (Fsp3) is 0.318. The van der Waals surface area contributed by atoms with E-state index in [0.29, 0.717) is 53.6 Å². The Morgan fingerprint density at radius 1 is 1.10 bits per heavy atom. The van der Waals surface area contributed by atoms with Crippen molar-refractivity contribution >= 4 is 28.5 Å². The van der Waals surface area contributed by atoms with Gasteiger partial charge >= 0.3 is 0 Å². The van der Waals surface area contributed by atoms with Gasteiger partial charge in [-0.05, 0) is 30.3 Å². The monoisotopic (exact) mass is 425 g/mol. The first-order chi connectivity index (χ1) is 14.6. The number of pyridine rings is 1. The maximum atomic E-state index is 13.4. The van der Waals surface area contributed by atoms with Gasteiger partial charge in [0, 0.05) is 37.4 Å². The minimum Gasteiger partial charge on any atom is -0.450 e. The van der Waals surface area contributed by atoms with Crippen LogP contribution in [0.3, 0.4) is 0 Å². The Labute approximate surface area is 177 Å². The van der Waals surface area contributed by atoms with Gasteiger partial charge in [0.1, 0.15) is 11.6 Å². The van der Waals surface area contributed by atoms with Crippen molar-refractivity contribution in [1.82, 2.24) is 14.8 Å². The summed E-state index contributed by atoms with van der Waals surface area (Å²) in [6, 6.07) is 9.75. The quantitative estimate of drug-likeness (QED) is 0.639. The summed E-state index contributed by atoms with van der Waals surface area (Å²) in [4.78, 5) is 35.1. The molecule has 1 aromatic carbocycles.